The first-order valence-electron chi connectivity index (χ1n) is 11.1. The smallest absolute Gasteiger partial charge is 0.310 e. The van der Waals surface area contributed by atoms with Gasteiger partial charge in [0.25, 0.3) is 0 Å². The van der Waals surface area contributed by atoms with Gasteiger partial charge in [-0.3, -0.25) is 4.79 Å². The number of rotatable bonds is 7. The number of carbonyl (C=O) groups excluding carboxylic acids is 1. The molecular formula is C26H32N2O3. The lowest BCUT2D eigenvalue weighted by molar-refractivity contribution is -0.139. The van der Waals surface area contributed by atoms with Crippen LogP contribution in [0.4, 0.5) is 5.69 Å². The Morgan fingerprint density at radius 1 is 1.10 bits per heavy atom. The Balaban J connectivity index is 2.00. The van der Waals surface area contributed by atoms with Crippen molar-refractivity contribution in [2.75, 3.05) is 38.3 Å². The third kappa shape index (κ3) is 3.83. The Hall–Kier alpha value is -2.79. The molecule has 5 heteroatoms. The second kappa shape index (κ2) is 8.75. The van der Waals surface area contributed by atoms with E-state index in [1.54, 1.807) is 0 Å². The zero-order valence-corrected chi connectivity index (χ0v) is 19.2. The first-order valence-corrected chi connectivity index (χ1v) is 11.1. The second-order valence-electron chi connectivity index (χ2n) is 8.33. The van der Waals surface area contributed by atoms with Gasteiger partial charge in [0.1, 0.15) is 0 Å². The number of ether oxygens (including phenoxy) is 2. The summed E-state index contributed by atoms with van der Waals surface area (Å²) >= 11 is 0. The van der Waals surface area contributed by atoms with Crippen LogP contribution in [-0.4, -0.2) is 43.9 Å². The van der Waals surface area contributed by atoms with Gasteiger partial charge in [0.05, 0.1) is 31.3 Å². The van der Waals surface area contributed by atoms with Gasteiger partial charge in [-0.25, -0.2) is 0 Å². The maximum Gasteiger partial charge on any atom is 0.310 e. The lowest BCUT2D eigenvalue weighted by Crippen LogP contribution is -2.35. The maximum absolute atomic E-state index is 12.4. The van der Waals surface area contributed by atoms with Gasteiger partial charge in [-0.2, -0.15) is 0 Å². The average Bonchev–Trinajstić information content (AvgIpc) is 3.09. The van der Waals surface area contributed by atoms with Crippen molar-refractivity contribution >= 4 is 22.6 Å². The first kappa shape index (κ1) is 21.4. The predicted octanol–water partition coefficient (Wildman–Crippen LogP) is 4.81. The molecule has 3 aromatic rings. The molecule has 0 fully saturated rings. The molecule has 1 aliphatic heterocycles. The number of aromatic nitrogens is 1. The predicted molar refractivity (Wildman–Crippen MR) is 126 cm³/mol. The van der Waals surface area contributed by atoms with Crippen molar-refractivity contribution in [1.29, 1.82) is 0 Å². The van der Waals surface area contributed by atoms with E-state index in [9.17, 15) is 4.79 Å². The molecule has 0 aliphatic carbocycles. The van der Waals surface area contributed by atoms with E-state index in [0.717, 1.165) is 48.5 Å². The lowest BCUT2D eigenvalue weighted by atomic mass is 9.88. The average molecular weight is 421 g/mol. The Kier molecular flexibility index (Phi) is 6.05. The van der Waals surface area contributed by atoms with Crippen LogP contribution < -0.4 is 4.90 Å². The molecule has 4 rings (SSSR count). The number of methoxy groups -OCH3 is 1. The number of hydrogen-bond acceptors (Lipinski definition) is 4. The third-order valence-corrected chi connectivity index (χ3v) is 6.42. The summed E-state index contributed by atoms with van der Waals surface area (Å²) in [6.07, 6.45) is 0.262. The quantitative estimate of drug-likeness (QED) is 0.407. The molecule has 0 N–H and O–H groups in total. The number of esters is 1. The van der Waals surface area contributed by atoms with E-state index in [-0.39, 0.29) is 12.4 Å². The van der Waals surface area contributed by atoms with Crippen molar-refractivity contribution in [3.8, 4) is 11.1 Å². The van der Waals surface area contributed by atoms with Crippen LogP contribution in [0.3, 0.4) is 0 Å². The number of benzene rings is 2. The molecule has 1 aliphatic rings. The van der Waals surface area contributed by atoms with Gasteiger partial charge in [-0.05, 0) is 56.0 Å². The maximum atomic E-state index is 12.4. The van der Waals surface area contributed by atoms with E-state index < -0.39 is 0 Å². The highest BCUT2D eigenvalue weighted by atomic mass is 16.5. The molecule has 0 saturated carbocycles. The molecule has 0 spiro atoms. The molecule has 1 aromatic heterocycles. The van der Waals surface area contributed by atoms with Gasteiger partial charge in [0.15, 0.2) is 0 Å². The Bertz CT molecular complexity index is 1110. The van der Waals surface area contributed by atoms with Gasteiger partial charge < -0.3 is 18.9 Å². The Morgan fingerprint density at radius 3 is 2.52 bits per heavy atom. The van der Waals surface area contributed by atoms with Gasteiger partial charge in [-0.1, -0.05) is 29.8 Å². The number of hydrogen-bond donors (Lipinski definition) is 0. The van der Waals surface area contributed by atoms with Crippen LogP contribution in [-0.2, 0) is 27.2 Å². The summed E-state index contributed by atoms with van der Waals surface area (Å²) in [5, 5.41) is 1.21. The summed E-state index contributed by atoms with van der Waals surface area (Å²) in [6.45, 7) is 12.6. The van der Waals surface area contributed by atoms with Gasteiger partial charge >= 0.3 is 5.97 Å². The van der Waals surface area contributed by atoms with Crippen molar-refractivity contribution in [3.63, 3.8) is 0 Å². The molecule has 2 aromatic carbocycles. The summed E-state index contributed by atoms with van der Waals surface area (Å²) in [4.78, 5) is 14.8. The third-order valence-electron chi connectivity index (χ3n) is 6.42. The van der Waals surface area contributed by atoms with Crippen LogP contribution in [0.1, 0.15) is 29.3 Å². The van der Waals surface area contributed by atoms with E-state index in [1.165, 1.54) is 35.0 Å². The van der Waals surface area contributed by atoms with Crippen LogP contribution in [0.2, 0.25) is 0 Å². The van der Waals surface area contributed by atoms with Crippen LogP contribution in [0.5, 0.6) is 0 Å². The zero-order chi connectivity index (χ0) is 22.1. The monoisotopic (exact) mass is 420 g/mol. The minimum Gasteiger partial charge on any atom is -0.469 e. The fourth-order valence-corrected chi connectivity index (χ4v) is 4.83. The van der Waals surface area contributed by atoms with Gasteiger partial charge in [0.2, 0.25) is 0 Å². The van der Waals surface area contributed by atoms with Crippen molar-refractivity contribution in [3.05, 3.63) is 52.7 Å². The van der Waals surface area contributed by atoms with Crippen LogP contribution in [0, 0.1) is 20.8 Å². The van der Waals surface area contributed by atoms with Crippen LogP contribution in [0.15, 0.2) is 30.3 Å². The van der Waals surface area contributed by atoms with E-state index in [2.05, 4.69) is 60.6 Å². The highest BCUT2D eigenvalue weighted by Gasteiger charge is 2.28. The summed E-state index contributed by atoms with van der Waals surface area (Å²) in [6, 6.07) is 10.9. The molecule has 5 nitrogen and oxygen atoms in total. The second-order valence-corrected chi connectivity index (χ2v) is 8.33. The van der Waals surface area contributed by atoms with E-state index >= 15 is 0 Å². The molecule has 0 radical (unpaired) electrons. The fourth-order valence-electron chi connectivity index (χ4n) is 4.83. The molecule has 164 valence electrons. The lowest BCUT2D eigenvalue weighted by Gasteiger charge is -2.34. The normalized spacial score (nSPS) is 13.1. The molecule has 0 unspecified atom stereocenters. The number of aryl methyl sites for hydroxylation is 2. The van der Waals surface area contributed by atoms with Crippen molar-refractivity contribution in [2.24, 2.45) is 0 Å². The zero-order valence-electron chi connectivity index (χ0n) is 19.2. The molecule has 0 atom stereocenters. The van der Waals surface area contributed by atoms with Crippen LogP contribution >= 0.6 is 0 Å². The van der Waals surface area contributed by atoms with Crippen molar-refractivity contribution in [1.82, 2.24) is 4.57 Å². The number of anilines is 1. The van der Waals surface area contributed by atoms with Crippen LogP contribution in [0.25, 0.3) is 22.0 Å². The molecule has 0 bridgehead atoms. The molecule has 31 heavy (non-hydrogen) atoms. The van der Waals surface area contributed by atoms with E-state index in [0.29, 0.717) is 6.61 Å². The number of nitrogens with zero attached hydrogens (tertiary/aromatic N) is 2. The first-order chi connectivity index (χ1) is 15.0. The van der Waals surface area contributed by atoms with E-state index in [4.69, 9.17) is 9.47 Å². The summed E-state index contributed by atoms with van der Waals surface area (Å²) in [5.41, 5.74) is 9.47. The standard InChI is InChI=1S/C26H32N2O3/c1-6-31-14-13-27-11-12-28-18(3)15-22-24(20-9-7-17(2)8-10-20)21(16-23(29)30-5)19(4)25(27)26(22)28/h7-10,15H,6,11-14,16H2,1-5H3. The minimum absolute atomic E-state index is 0.212. The summed E-state index contributed by atoms with van der Waals surface area (Å²) in [5.74, 6) is -0.212. The highest BCUT2D eigenvalue weighted by Crippen LogP contribution is 2.44. The topological polar surface area (TPSA) is 43.7 Å². The van der Waals surface area contributed by atoms with Gasteiger partial charge in [0, 0.05) is 37.3 Å². The van der Waals surface area contributed by atoms with Crippen molar-refractivity contribution < 1.29 is 14.3 Å². The van der Waals surface area contributed by atoms with Gasteiger partial charge in [-0.15, -0.1) is 0 Å². The molecular weight excluding hydrogens is 388 g/mol. The Labute approximate surface area is 184 Å². The summed E-state index contributed by atoms with van der Waals surface area (Å²) in [7, 11) is 1.46. The minimum atomic E-state index is -0.212. The van der Waals surface area contributed by atoms with E-state index in [1.807, 2.05) is 6.92 Å². The largest absolute Gasteiger partial charge is 0.469 e. The highest BCUT2D eigenvalue weighted by molar-refractivity contribution is 6.07. The molecule has 2 heterocycles. The van der Waals surface area contributed by atoms with Crippen molar-refractivity contribution in [2.45, 2.75) is 40.7 Å². The number of carbonyl (C=O) groups is 1. The Morgan fingerprint density at radius 2 is 1.84 bits per heavy atom. The molecule has 0 amide bonds. The fraction of sp³-hybridized carbons (Fsp3) is 0.423. The summed E-state index contributed by atoms with van der Waals surface area (Å²) < 4.78 is 13.2. The SMILES string of the molecule is CCOCCN1CCn2c(C)cc3c(-c4ccc(C)cc4)c(CC(=O)OC)c(C)c1c32. The molecule has 0 saturated heterocycles.